The molecule has 63 heavy (non-hydrogen) atoms. The minimum atomic E-state index is -4.62. The van der Waals surface area contributed by atoms with Gasteiger partial charge in [-0.15, -0.1) is 0 Å². The van der Waals surface area contributed by atoms with E-state index in [2.05, 4.69) is 26.0 Å². The fraction of sp³-hybridized carbons (Fsp3) is 0.923. The Morgan fingerprint density at radius 1 is 0.460 bits per heavy atom. The van der Waals surface area contributed by atoms with Crippen LogP contribution in [0.1, 0.15) is 271 Å². The molecule has 0 bridgehead atoms. The van der Waals surface area contributed by atoms with Crippen molar-refractivity contribution in [1.29, 1.82) is 0 Å². The zero-order valence-corrected chi connectivity index (χ0v) is 42.0. The Morgan fingerprint density at radius 2 is 0.778 bits per heavy atom. The Hall–Kier alpha value is -1.29. The van der Waals surface area contributed by atoms with Crippen LogP contribution in [0.15, 0.2) is 12.2 Å². The lowest BCUT2D eigenvalue weighted by Gasteiger charge is -2.20. The molecule has 0 saturated heterocycles. The van der Waals surface area contributed by atoms with E-state index in [0.29, 0.717) is 12.8 Å². The zero-order chi connectivity index (χ0) is 46.2. The van der Waals surface area contributed by atoms with Crippen LogP contribution >= 0.6 is 7.82 Å². The molecule has 0 radical (unpaired) electrons. The number of allylic oxidation sites excluding steroid dienone is 2. The number of aliphatic hydroxyl groups is 2. The second kappa shape index (κ2) is 48.6. The molecule has 0 spiro atoms. The van der Waals surface area contributed by atoms with Gasteiger partial charge in [0.1, 0.15) is 12.7 Å². The molecule has 0 aliphatic heterocycles. The first-order chi connectivity index (χ1) is 30.7. The van der Waals surface area contributed by atoms with Crippen LogP contribution in [0.5, 0.6) is 0 Å². The Kier molecular flexibility index (Phi) is 47.6. The van der Waals surface area contributed by atoms with E-state index in [4.69, 9.17) is 23.6 Å². The van der Waals surface area contributed by atoms with Crippen LogP contribution < -0.4 is 0 Å². The fourth-order valence-electron chi connectivity index (χ4n) is 7.82. The minimum Gasteiger partial charge on any atom is -0.462 e. The summed E-state index contributed by atoms with van der Waals surface area (Å²) in [6.45, 7) is 2.44. The molecule has 0 fully saturated rings. The predicted molar refractivity (Wildman–Crippen MR) is 261 cm³/mol. The van der Waals surface area contributed by atoms with Crippen LogP contribution in [-0.4, -0.2) is 65.7 Å². The van der Waals surface area contributed by atoms with Gasteiger partial charge in [-0.05, 0) is 38.5 Å². The number of carbonyl (C=O) groups excluding carboxylic acids is 2. The first-order valence-electron chi connectivity index (χ1n) is 26.6. The molecule has 0 saturated carbocycles. The fourth-order valence-corrected chi connectivity index (χ4v) is 8.60. The highest BCUT2D eigenvalue weighted by Gasteiger charge is 2.27. The largest absolute Gasteiger partial charge is 0.472 e. The molecule has 0 aromatic carbocycles. The average molecular weight is 917 g/mol. The molecular formula is C52H101O10P. The van der Waals surface area contributed by atoms with Gasteiger partial charge in [-0.3, -0.25) is 18.6 Å². The van der Waals surface area contributed by atoms with Gasteiger partial charge in [0, 0.05) is 12.8 Å². The van der Waals surface area contributed by atoms with Gasteiger partial charge >= 0.3 is 19.8 Å². The van der Waals surface area contributed by atoms with Crippen molar-refractivity contribution in [3.05, 3.63) is 12.2 Å². The van der Waals surface area contributed by atoms with E-state index in [-0.39, 0.29) is 19.4 Å². The maximum Gasteiger partial charge on any atom is 0.472 e. The van der Waals surface area contributed by atoms with E-state index >= 15 is 0 Å². The van der Waals surface area contributed by atoms with Crippen LogP contribution in [0, 0.1) is 0 Å². The minimum absolute atomic E-state index is 0.187. The van der Waals surface area contributed by atoms with Crippen molar-refractivity contribution < 1.29 is 47.8 Å². The summed E-state index contributed by atoms with van der Waals surface area (Å²) < 4.78 is 32.9. The highest BCUT2D eigenvalue weighted by atomic mass is 31.2. The van der Waals surface area contributed by atoms with Crippen molar-refractivity contribution in [2.45, 2.75) is 283 Å². The third-order valence-corrected chi connectivity index (χ3v) is 12.9. The molecule has 3 N–H and O–H groups in total. The van der Waals surface area contributed by atoms with Crippen molar-refractivity contribution in [2.75, 3.05) is 26.4 Å². The van der Waals surface area contributed by atoms with E-state index in [0.717, 1.165) is 32.1 Å². The Morgan fingerprint density at radius 3 is 1.14 bits per heavy atom. The van der Waals surface area contributed by atoms with Gasteiger partial charge in [0.15, 0.2) is 6.10 Å². The number of rotatable bonds is 51. The summed E-state index contributed by atoms with van der Waals surface area (Å²) in [5.74, 6) is -0.909. The molecule has 3 unspecified atom stereocenters. The van der Waals surface area contributed by atoms with E-state index in [1.807, 2.05) is 0 Å². The van der Waals surface area contributed by atoms with Crippen LogP contribution in [0.3, 0.4) is 0 Å². The second-order valence-electron chi connectivity index (χ2n) is 18.3. The molecule has 374 valence electrons. The summed E-state index contributed by atoms with van der Waals surface area (Å²) in [5, 5.41) is 18.4. The standard InChI is InChI=1S/C52H101O10P/c1-3-5-7-9-11-13-15-17-19-21-23-24-26-28-30-32-34-36-38-40-42-44-52(56)62-50(48-61-63(57,58)60-46-49(54)45-53)47-59-51(55)43-41-39-37-35-33-31-29-27-25-22-20-18-16-14-12-10-8-6-4-2/h21,23,49-50,53-54H,3-20,22,24-48H2,1-2H3,(H,57,58)/b23-21-. The predicted octanol–water partition coefficient (Wildman–Crippen LogP) is 15.1. The van der Waals surface area contributed by atoms with Gasteiger partial charge < -0.3 is 24.6 Å². The van der Waals surface area contributed by atoms with Gasteiger partial charge in [0.25, 0.3) is 0 Å². The van der Waals surface area contributed by atoms with Crippen LogP contribution in [-0.2, 0) is 32.7 Å². The van der Waals surface area contributed by atoms with E-state index in [1.54, 1.807) is 0 Å². The molecule has 10 nitrogen and oxygen atoms in total. The third kappa shape index (κ3) is 48.5. The maximum absolute atomic E-state index is 12.7. The highest BCUT2D eigenvalue weighted by Crippen LogP contribution is 2.43. The number of aliphatic hydroxyl groups excluding tert-OH is 2. The van der Waals surface area contributed by atoms with E-state index in [1.165, 1.54) is 199 Å². The number of ether oxygens (including phenoxy) is 2. The molecule has 0 aromatic heterocycles. The summed E-state index contributed by atoms with van der Waals surface area (Å²) in [4.78, 5) is 35.2. The number of phosphoric acid groups is 1. The molecule has 0 rings (SSSR count). The quantitative estimate of drug-likeness (QED) is 0.0233. The van der Waals surface area contributed by atoms with Crippen LogP contribution in [0.25, 0.3) is 0 Å². The van der Waals surface area contributed by atoms with Crippen molar-refractivity contribution in [2.24, 2.45) is 0 Å². The third-order valence-electron chi connectivity index (χ3n) is 11.9. The van der Waals surface area contributed by atoms with Crippen molar-refractivity contribution >= 4 is 19.8 Å². The molecule has 3 atom stereocenters. The topological polar surface area (TPSA) is 149 Å². The lowest BCUT2D eigenvalue weighted by atomic mass is 10.0. The summed E-state index contributed by atoms with van der Waals surface area (Å²) in [7, 11) is -4.62. The maximum atomic E-state index is 12.7. The smallest absolute Gasteiger partial charge is 0.462 e. The highest BCUT2D eigenvalue weighted by molar-refractivity contribution is 7.47. The summed E-state index contributed by atoms with van der Waals surface area (Å²) in [6.07, 6.45) is 50.4. The van der Waals surface area contributed by atoms with Gasteiger partial charge in [-0.25, -0.2) is 4.57 Å². The number of unbranched alkanes of at least 4 members (excludes halogenated alkanes) is 35. The lowest BCUT2D eigenvalue weighted by Crippen LogP contribution is -2.29. The molecule has 11 heteroatoms. The summed E-state index contributed by atoms with van der Waals surface area (Å²) in [6, 6.07) is 0. The zero-order valence-electron chi connectivity index (χ0n) is 41.1. The molecule has 0 aliphatic rings. The SMILES string of the molecule is CCCCCCCCCC/C=C\CCCCCCCCCCCC(=O)OC(COC(=O)CCCCCCCCCCCCCCCCCCCCC)COP(=O)(O)OCC(O)CO. The molecule has 0 aromatic rings. The van der Waals surface area contributed by atoms with Gasteiger partial charge in [-0.2, -0.15) is 0 Å². The summed E-state index contributed by atoms with van der Waals surface area (Å²) in [5.41, 5.74) is 0. The normalized spacial score (nSPS) is 13.7. The van der Waals surface area contributed by atoms with E-state index in [9.17, 15) is 24.2 Å². The van der Waals surface area contributed by atoms with Gasteiger partial charge in [0.05, 0.1) is 19.8 Å². The second-order valence-corrected chi connectivity index (χ2v) is 19.7. The Labute approximate surface area is 387 Å². The number of phosphoric ester groups is 1. The number of hydrogen-bond donors (Lipinski definition) is 3. The summed E-state index contributed by atoms with van der Waals surface area (Å²) >= 11 is 0. The van der Waals surface area contributed by atoms with Crippen LogP contribution in [0.4, 0.5) is 0 Å². The molecule has 0 amide bonds. The van der Waals surface area contributed by atoms with Crippen molar-refractivity contribution in [1.82, 2.24) is 0 Å². The van der Waals surface area contributed by atoms with Crippen molar-refractivity contribution in [3.8, 4) is 0 Å². The molecule has 0 aliphatic carbocycles. The van der Waals surface area contributed by atoms with Gasteiger partial charge in [-0.1, -0.05) is 231 Å². The lowest BCUT2D eigenvalue weighted by molar-refractivity contribution is -0.161. The van der Waals surface area contributed by atoms with Gasteiger partial charge in [0.2, 0.25) is 0 Å². The van der Waals surface area contributed by atoms with Crippen molar-refractivity contribution in [3.63, 3.8) is 0 Å². The Bertz CT molecular complexity index is 1060. The average Bonchev–Trinajstić information content (AvgIpc) is 3.27. The van der Waals surface area contributed by atoms with E-state index < -0.39 is 51.8 Å². The first kappa shape index (κ1) is 61.7. The first-order valence-corrected chi connectivity index (χ1v) is 28.1. The number of hydrogen-bond acceptors (Lipinski definition) is 9. The monoisotopic (exact) mass is 917 g/mol. The molecule has 0 heterocycles. The van der Waals surface area contributed by atoms with Crippen LogP contribution in [0.2, 0.25) is 0 Å². The molecular weight excluding hydrogens is 816 g/mol. The number of carbonyl (C=O) groups is 2. The Balaban J connectivity index is 4.12. The number of esters is 2.